The molecule has 2 aliphatic rings. The Bertz CT molecular complexity index is 852. The van der Waals surface area contributed by atoms with Gasteiger partial charge in [0, 0.05) is 18.1 Å². The summed E-state index contributed by atoms with van der Waals surface area (Å²) in [6, 6.07) is 5.60. The Labute approximate surface area is 187 Å². The predicted molar refractivity (Wildman–Crippen MR) is 119 cm³/mol. The number of amidine groups is 1. The van der Waals surface area contributed by atoms with Crippen LogP contribution in [0.2, 0.25) is 0 Å². The zero-order valence-corrected chi connectivity index (χ0v) is 18.3. The number of aliphatic hydroxyl groups is 1. The molecule has 1 heterocycles. The van der Waals surface area contributed by atoms with Gasteiger partial charge in [-0.1, -0.05) is 38.3 Å². The van der Waals surface area contributed by atoms with E-state index in [2.05, 4.69) is 20.8 Å². The molecule has 1 aromatic carbocycles. The zero-order chi connectivity index (χ0) is 23.0. The van der Waals surface area contributed by atoms with E-state index >= 15 is 0 Å². The second kappa shape index (κ2) is 11.2. The van der Waals surface area contributed by atoms with E-state index in [-0.39, 0.29) is 17.8 Å². The van der Waals surface area contributed by atoms with Gasteiger partial charge in [0.15, 0.2) is 6.10 Å². The van der Waals surface area contributed by atoms with Gasteiger partial charge in [-0.2, -0.15) is 5.10 Å². The molecule has 3 N–H and O–H groups in total. The molecule has 2 atom stereocenters. The fourth-order valence-electron chi connectivity index (χ4n) is 3.98. The van der Waals surface area contributed by atoms with Crippen LogP contribution in [0, 0.1) is 11.2 Å². The van der Waals surface area contributed by atoms with Gasteiger partial charge in [0.2, 0.25) is 0 Å². The summed E-state index contributed by atoms with van der Waals surface area (Å²) in [6.07, 6.45) is 5.46. The Hall–Kier alpha value is -2.81. The van der Waals surface area contributed by atoms with Gasteiger partial charge in [0.25, 0.3) is 5.91 Å². The van der Waals surface area contributed by atoms with Crippen LogP contribution in [-0.2, 0) is 16.0 Å². The third kappa shape index (κ3) is 6.59. The van der Waals surface area contributed by atoms with Gasteiger partial charge in [-0.05, 0) is 43.4 Å². The molecule has 1 aliphatic carbocycles. The Morgan fingerprint density at radius 3 is 2.62 bits per heavy atom. The van der Waals surface area contributed by atoms with Crippen LogP contribution in [0.5, 0.6) is 0 Å². The van der Waals surface area contributed by atoms with Crippen LogP contribution in [0.15, 0.2) is 34.5 Å². The van der Waals surface area contributed by atoms with E-state index in [0.717, 1.165) is 37.7 Å². The second-order valence-corrected chi connectivity index (χ2v) is 8.61. The minimum Gasteiger partial charge on any atom is -0.449 e. The van der Waals surface area contributed by atoms with Crippen molar-refractivity contribution in [3.8, 4) is 0 Å². The highest BCUT2D eigenvalue weighted by Crippen LogP contribution is 2.44. The standard InChI is InChI=1S/C23H31FN4O4/c1-2-3-5-18(20(29)21(30)27-19-10-13-25-28-19)26-22(31)32-15-23(11-4-12-23)14-16-6-8-17(24)9-7-16/h6-9,13,18,20,29H,2-5,10-12,14-15H2,1H3,(H,26,31)(H,27,28,30)/t18-,20-/m0/s1. The van der Waals surface area contributed by atoms with Crippen LogP contribution in [-0.4, -0.2) is 47.9 Å². The first-order valence-corrected chi connectivity index (χ1v) is 11.2. The summed E-state index contributed by atoms with van der Waals surface area (Å²) in [4.78, 5) is 24.9. The van der Waals surface area contributed by atoms with E-state index in [1.54, 1.807) is 18.3 Å². The summed E-state index contributed by atoms with van der Waals surface area (Å²) in [5.41, 5.74) is 0.840. The number of nitrogens with zero attached hydrogens (tertiary/aromatic N) is 2. The Morgan fingerprint density at radius 2 is 2.03 bits per heavy atom. The quantitative estimate of drug-likeness (QED) is 0.513. The van der Waals surface area contributed by atoms with Crippen molar-refractivity contribution in [3.63, 3.8) is 0 Å². The van der Waals surface area contributed by atoms with Crippen LogP contribution in [0.1, 0.15) is 57.4 Å². The van der Waals surface area contributed by atoms with Crippen LogP contribution < -0.4 is 10.6 Å². The SMILES string of the molecule is CCCC[C@H](NC(=O)OCC1(Cc2ccc(F)cc2)CCC1)[C@H](O)C(=O)NC1=NN=CC1. The van der Waals surface area contributed by atoms with Crippen molar-refractivity contribution in [2.24, 2.45) is 15.6 Å². The maximum absolute atomic E-state index is 13.2. The van der Waals surface area contributed by atoms with Gasteiger partial charge in [-0.3, -0.25) is 4.79 Å². The summed E-state index contributed by atoms with van der Waals surface area (Å²) in [6.45, 7) is 2.22. The summed E-state index contributed by atoms with van der Waals surface area (Å²) in [5, 5.41) is 23.1. The average molecular weight is 447 g/mol. The number of rotatable bonds is 10. The number of amides is 2. The predicted octanol–water partition coefficient (Wildman–Crippen LogP) is 3.09. The first kappa shape index (κ1) is 23.8. The molecule has 0 spiro atoms. The van der Waals surface area contributed by atoms with Crippen LogP contribution in [0.25, 0.3) is 0 Å². The van der Waals surface area contributed by atoms with Crippen molar-refractivity contribution in [2.45, 2.75) is 70.4 Å². The van der Waals surface area contributed by atoms with Crippen molar-refractivity contribution in [1.29, 1.82) is 0 Å². The van der Waals surface area contributed by atoms with Gasteiger partial charge < -0.3 is 20.5 Å². The number of benzene rings is 1. The number of alkyl carbamates (subject to hydrolysis) is 1. The molecule has 1 fully saturated rings. The Kier molecular flexibility index (Phi) is 8.33. The van der Waals surface area contributed by atoms with Gasteiger partial charge in [-0.15, -0.1) is 5.10 Å². The molecule has 0 saturated heterocycles. The molecule has 1 aliphatic heterocycles. The molecule has 0 unspecified atom stereocenters. The van der Waals surface area contributed by atoms with Crippen LogP contribution in [0.4, 0.5) is 9.18 Å². The number of carbonyl (C=O) groups is 2. The maximum atomic E-state index is 13.2. The molecule has 0 radical (unpaired) electrons. The van der Waals surface area contributed by atoms with E-state index in [0.29, 0.717) is 25.1 Å². The van der Waals surface area contributed by atoms with Crippen molar-refractivity contribution < 1.29 is 23.8 Å². The lowest BCUT2D eigenvalue weighted by Gasteiger charge is -2.41. The van der Waals surface area contributed by atoms with E-state index < -0.39 is 24.1 Å². The summed E-state index contributed by atoms with van der Waals surface area (Å²) in [7, 11) is 0. The largest absolute Gasteiger partial charge is 0.449 e. The molecule has 0 aromatic heterocycles. The fourth-order valence-corrected chi connectivity index (χ4v) is 3.98. The topological polar surface area (TPSA) is 112 Å². The van der Waals surface area contributed by atoms with Gasteiger partial charge in [0.1, 0.15) is 11.7 Å². The lowest BCUT2D eigenvalue weighted by Crippen LogP contribution is -2.52. The highest BCUT2D eigenvalue weighted by molar-refractivity contribution is 6.06. The fraction of sp³-hybridized carbons (Fsp3) is 0.565. The van der Waals surface area contributed by atoms with Gasteiger partial charge >= 0.3 is 6.09 Å². The number of aliphatic hydroxyl groups excluding tert-OH is 1. The molecule has 1 aromatic rings. The van der Waals surface area contributed by atoms with E-state index in [1.807, 2.05) is 6.92 Å². The average Bonchev–Trinajstić information content (AvgIpc) is 3.26. The van der Waals surface area contributed by atoms with Gasteiger partial charge in [0.05, 0.1) is 12.6 Å². The van der Waals surface area contributed by atoms with Crippen LogP contribution in [0.3, 0.4) is 0 Å². The molecular weight excluding hydrogens is 415 g/mol. The molecular formula is C23H31FN4O4. The zero-order valence-electron chi connectivity index (χ0n) is 18.3. The molecule has 0 bridgehead atoms. The minimum atomic E-state index is -1.44. The number of halogens is 1. The third-order valence-electron chi connectivity index (χ3n) is 6.05. The van der Waals surface area contributed by atoms with E-state index in [9.17, 15) is 19.1 Å². The number of hydrogen-bond acceptors (Lipinski definition) is 6. The molecule has 8 nitrogen and oxygen atoms in total. The monoisotopic (exact) mass is 446 g/mol. The van der Waals surface area contributed by atoms with Gasteiger partial charge in [-0.25, -0.2) is 9.18 Å². The molecule has 9 heteroatoms. The lowest BCUT2D eigenvalue weighted by molar-refractivity contribution is -0.129. The second-order valence-electron chi connectivity index (χ2n) is 8.61. The normalized spacial score (nSPS) is 18.3. The first-order valence-electron chi connectivity index (χ1n) is 11.2. The smallest absolute Gasteiger partial charge is 0.407 e. The number of unbranched alkanes of at least 4 members (excludes halogenated alkanes) is 1. The molecule has 2 amide bonds. The summed E-state index contributed by atoms with van der Waals surface area (Å²) in [5.74, 6) is -0.554. The summed E-state index contributed by atoms with van der Waals surface area (Å²) < 4.78 is 18.7. The van der Waals surface area contributed by atoms with E-state index in [1.165, 1.54) is 12.1 Å². The number of carbonyl (C=O) groups excluding carboxylic acids is 2. The highest BCUT2D eigenvalue weighted by atomic mass is 19.1. The maximum Gasteiger partial charge on any atom is 0.407 e. The first-order chi connectivity index (χ1) is 15.4. The Balaban J connectivity index is 1.53. The van der Waals surface area contributed by atoms with Crippen LogP contribution >= 0.6 is 0 Å². The van der Waals surface area contributed by atoms with Crippen molar-refractivity contribution in [2.75, 3.05) is 6.61 Å². The molecule has 32 heavy (non-hydrogen) atoms. The molecule has 3 rings (SSSR count). The van der Waals surface area contributed by atoms with Crippen molar-refractivity contribution >= 4 is 24.1 Å². The summed E-state index contributed by atoms with van der Waals surface area (Å²) >= 11 is 0. The number of hydrogen-bond donors (Lipinski definition) is 3. The van der Waals surface area contributed by atoms with Crippen molar-refractivity contribution in [1.82, 2.24) is 10.6 Å². The minimum absolute atomic E-state index is 0.162. The third-order valence-corrected chi connectivity index (χ3v) is 6.05. The highest BCUT2D eigenvalue weighted by Gasteiger charge is 2.39. The molecule has 1 saturated carbocycles. The van der Waals surface area contributed by atoms with E-state index in [4.69, 9.17) is 4.74 Å². The number of nitrogens with one attached hydrogen (secondary N) is 2. The Morgan fingerprint density at radius 1 is 1.28 bits per heavy atom. The number of ether oxygens (including phenoxy) is 1. The lowest BCUT2D eigenvalue weighted by atomic mass is 9.66. The molecule has 174 valence electrons. The van der Waals surface area contributed by atoms with Crippen molar-refractivity contribution in [3.05, 3.63) is 35.6 Å².